The van der Waals surface area contributed by atoms with Gasteiger partial charge in [-0.2, -0.15) is 0 Å². The minimum atomic E-state index is -0.474. The second-order valence-electron chi connectivity index (χ2n) is 3.66. The van der Waals surface area contributed by atoms with Gasteiger partial charge in [-0.25, -0.2) is 0 Å². The van der Waals surface area contributed by atoms with E-state index in [1.165, 1.54) is 12.1 Å². The van der Waals surface area contributed by atoms with Crippen LogP contribution in [0.1, 0.15) is 30.7 Å². The van der Waals surface area contributed by atoms with E-state index in [9.17, 15) is 14.9 Å². The van der Waals surface area contributed by atoms with Crippen LogP contribution in [0, 0.1) is 10.1 Å². The maximum Gasteiger partial charge on any atom is 0.305 e. The van der Waals surface area contributed by atoms with E-state index < -0.39 is 10.3 Å². The number of nitrogens with zero attached hydrogens (tertiary/aromatic N) is 1. The van der Waals surface area contributed by atoms with E-state index in [1.54, 1.807) is 19.1 Å². The molecule has 98 valence electrons. The van der Waals surface area contributed by atoms with Crippen molar-refractivity contribution in [3.05, 3.63) is 39.9 Å². The third-order valence-corrected chi connectivity index (χ3v) is 2.82. The number of rotatable bonds is 6. The highest BCUT2D eigenvalue weighted by molar-refractivity contribution is 6.20. The van der Waals surface area contributed by atoms with Gasteiger partial charge >= 0.3 is 5.97 Å². The number of esters is 1. The molecule has 0 fully saturated rings. The average Bonchev–Trinajstić information content (AvgIpc) is 2.36. The minimum absolute atomic E-state index is 0.00529. The zero-order valence-corrected chi connectivity index (χ0v) is 10.7. The third-order valence-electron chi connectivity index (χ3n) is 2.35. The first-order valence-electron chi connectivity index (χ1n) is 5.58. The Hall–Kier alpha value is -1.62. The molecule has 0 aliphatic carbocycles. The molecule has 1 unspecified atom stereocenters. The van der Waals surface area contributed by atoms with Crippen LogP contribution in [0.15, 0.2) is 24.3 Å². The molecule has 18 heavy (non-hydrogen) atoms. The second-order valence-corrected chi connectivity index (χ2v) is 4.19. The van der Waals surface area contributed by atoms with Crippen LogP contribution in [0.3, 0.4) is 0 Å². The Morgan fingerprint density at radius 2 is 2.28 bits per heavy atom. The van der Waals surface area contributed by atoms with Crippen molar-refractivity contribution >= 4 is 23.3 Å². The first-order chi connectivity index (χ1) is 8.54. The number of non-ortho nitro benzene ring substituents is 1. The molecule has 0 N–H and O–H groups in total. The molecule has 6 heteroatoms. The van der Waals surface area contributed by atoms with Crippen LogP contribution in [-0.2, 0) is 9.53 Å². The summed E-state index contributed by atoms with van der Waals surface area (Å²) in [6.07, 6.45) is 0.590. The van der Waals surface area contributed by atoms with Gasteiger partial charge in [-0.3, -0.25) is 14.9 Å². The van der Waals surface area contributed by atoms with Crippen LogP contribution in [0.5, 0.6) is 0 Å². The predicted molar refractivity (Wildman–Crippen MR) is 67.6 cm³/mol. The van der Waals surface area contributed by atoms with Gasteiger partial charge in [-0.1, -0.05) is 12.1 Å². The van der Waals surface area contributed by atoms with E-state index in [4.69, 9.17) is 16.3 Å². The van der Waals surface area contributed by atoms with Crippen molar-refractivity contribution in [3.8, 4) is 0 Å². The molecule has 1 rings (SSSR count). The highest BCUT2D eigenvalue weighted by Crippen LogP contribution is 2.28. The molecule has 0 saturated carbocycles. The molecule has 1 aromatic rings. The summed E-state index contributed by atoms with van der Waals surface area (Å²) in [5, 5.41) is 10.2. The van der Waals surface area contributed by atoms with Gasteiger partial charge in [0.05, 0.1) is 16.9 Å². The van der Waals surface area contributed by atoms with Gasteiger partial charge in [0.1, 0.15) is 0 Å². The third kappa shape index (κ3) is 4.33. The Balaban J connectivity index is 2.61. The molecule has 1 aromatic carbocycles. The van der Waals surface area contributed by atoms with Crippen LogP contribution in [0.4, 0.5) is 5.69 Å². The minimum Gasteiger partial charge on any atom is -0.466 e. The number of nitro groups is 1. The Labute approximate surface area is 110 Å². The number of benzene rings is 1. The fourth-order valence-electron chi connectivity index (χ4n) is 1.48. The number of halogens is 1. The predicted octanol–water partition coefficient (Wildman–Crippen LogP) is 3.22. The molecule has 0 aromatic heterocycles. The molecule has 0 aliphatic rings. The lowest BCUT2D eigenvalue weighted by Gasteiger charge is -2.09. The monoisotopic (exact) mass is 271 g/mol. The summed E-state index contributed by atoms with van der Waals surface area (Å²) < 4.78 is 4.78. The van der Waals surface area contributed by atoms with Gasteiger partial charge in [0.25, 0.3) is 5.69 Å². The maximum atomic E-state index is 11.2. The number of carbonyl (C=O) groups excluding carboxylic acids is 1. The molecule has 0 aliphatic heterocycles. The SMILES string of the molecule is CCOC(=O)CCC(Cl)c1cccc([N+](=O)[O-])c1. The largest absolute Gasteiger partial charge is 0.466 e. The number of hydrogen-bond acceptors (Lipinski definition) is 4. The van der Waals surface area contributed by atoms with Crippen molar-refractivity contribution in [2.24, 2.45) is 0 Å². The lowest BCUT2D eigenvalue weighted by Crippen LogP contribution is -2.05. The topological polar surface area (TPSA) is 69.4 Å². The van der Waals surface area contributed by atoms with Crippen molar-refractivity contribution in [3.63, 3.8) is 0 Å². The highest BCUT2D eigenvalue weighted by Gasteiger charge is 2.14. The van der Waals surface area contributed by atoms with Gasteiger partial charge in [0.2, 0.25) is 0 Å². The molecular weight excluding hydrogens is 258 g/mol. The van der Waals surface area contributed by atoms with Gasteiger partial charge in [-0.15, -0.1) is 11.6 Å². The van der Waals surface area contributed by atoms with Crippen LogP contribution in [-0.4, -0.2) is 17.5 Å². The van der Waals surface area contributed by atoms with E-state index in [-0.39, 0.29) is 18.1 Å². The Kier molecular flexibility index (Phi) is 5.58. The van der Waals surface area contributed by atoms with Crippen LogP contribution in [0.2, 0.25) is 0 Å². The first-order valence-corrected chi connectivity index (χ1v) is 6.02. The normalized spacial score (nSPS) is 11.9. The standard InChI is InChI=1S/C12H14ClNO4/c1-2-18-12(15)7-6-11(13)9-4-3-5-10(8-9)14(16)17/h3-5,8,11H,2,6-7H2,1H3. The maximum absolute atomic E-state index is 11.2. The van der Waals surface area contributed by atoms with E-state index in [0.29, 0.717) is 18.6 Å². The molecular formula is C12H14ClNO4. The summed E-state index contributed by atoms with van der Waals surface area (Å²) in [6, 6.07) is 6.10. The first kappa shape index (κ1) is 14.4. The molecule has 0 amide bonds. The van der Waals surface area contributed by atoms with E-state index in [0.717, 1.165) is 0 Å². The van der Waals surface area contributed by atoms with Crippen molar-refractivity contribution in [2.75, 3.05) is 6.61 Å². The molecule has 1 atom stereocenters. The van der Waals surface area contributed by atoms with Crippen molar-refractivity contribution < 1.29 is 14.5 Å². The van der Waals surface area contributed by atoms with Crippen molar-refractivity contribution in [1.29, 1.82) is 0 Å². The summed E-state index contributed by atoms with van der Waals surface area (Å²) in [5.74, 6) is -0.311. The van der Waals surface area contributed by atoms with Crippen molar-refractivity contribution in [1.82, 2.24) is 0 Å². The molecule has 5 nitrogen and oxygen atoms in total. The summed E-state index contributed by atoms with van der Waals surface area (Å²) in [7, 11) is 0. The Bertz CT molecular complexity index is 436. The number of hydrogen-bond donors (Lipinski definition) is 0. The summed E-state index contributed by atoms with van der Waals surface area (Å²) in [4.78, 5) is 21.3. The second kappa shape index (κ2) is 6.96. The lowest BCUT2D eigenvalue weighted by molar-refractivity contribution is -0.384. The number of alkyl halides is 1. The Morgan fingerprint density at radius 3 is 2.89 bits per heavy atom. The highest BCUT2D eigenvalue weighted by atomic mass is 35.5. The van der Waals surface area contributed by atoms with Gasteiger partial charge in [0, 0.05) is 18.6 Å². The zero-order chi connectivity index (χ0) is 13.5. The van der Waals surface area contributed by atoms with E-state index in [1.807, 2.05) is 0 Å². The number of nitro benzene ring substituents is 1. The van der Waals surface area contributed by atoms with Crippen LogP contribution < -0.4 is 0 Å². The smallest absolute Gasteiger partial charge is 0.305 e. The fourth-order valence-corrected chi connectivity index (χ4v) is 1.72. The quantitative estimate of drug-likeness (QED) is 0.345. The molecule has 0 bridgehead atoms. The average molecular weight is 272 g/mol. The number of carbonyl (C=O) groups is 1. The van der Waals surface area contributed by atoms with Crippen molar-refractivity contribution in [2.45, 2.75) is 25.1 Å². The van der Waals surface area contributed by atoms with Gasteiger partial charge in [-0.05, 0) is 18.9 Å². The Morgan fingerprint density at radius 1 is 1.56 bits per heavy atom. The molecule has 0 spiro atoms. The van der Waals surface area contributed by atoms with Crippen LogP contribution >= 0.6 is 11.6 Å². The zero-order valence-electron chi connectivity index (χ0n) is 9.97. The molecule has 0 radical (unpaired) electrons. The summed E-state index contributed by atoms with van der Waals surface area (Å²) >= 11 is 6.10. The number of ether oxygens (including phenoxy) is 1. The fraction of sp³-hybridized carbons (Fsp3) is 0.417. The summed E-state index contributed by atoms with van der Waals surface area (Å²) in [6.45, 7) is 2.07. The van der Waals surface area contributed by atoms with Gasteiger partial charge < -0.3 is 4.74 Å². The van der Waals surface area contributed by atoms with Gasteiger partial charge in [0.15, 0.2) is 0 Å². The molecule has 0 heterocycles. The summed E-state index contributed by atoms with van der Waals surface area (Å²) in [5.41, 5.74) is 0.629. The van der Waals surface area contributed by atoms with E-state index in [2.05, 4.69) is 0 Å². The molecule has 0 saturated heterocycles. The van der Waals surface area contributed by atoms with E-state index >= 15 is 0 Å². The lowest BCUT2D eigenvalue weighted by atomic mass is 10.1. The van der Waals surface area contributed by atoms with Crippen LogP contribution in [0.25, 0.3) is 0 Å².